The molecule has 0 saturated heterocycles. The number of hydrogen-bond donors (Lipinski definition) is 0. The van der Waals surface area contributed by atoms with Gasteiger partial charge in [-0.3, -0.25) is 4.79 Å². The number of fused-ring (bicyclic) bond motifs is 1. The molecule has 0 spiro atoms. The van der Waals surface area contributed by atoms with Crippen molar-refractivity contribution in [1.29, 1.82) is 0 Å². The van der Waals surface area contributed by atoms with E-state index < -0.39 is 0 Å². The number of hydrogen-bond acceptors (Lipinski definition) is 2. The van der Waals surface area contributed by atoms with Crippen LogP contribution in [0.3, 0.4) is 0 Å². The minimum absolute atomic E-state index is 0.165. The van der Waals surface area contributed by atoms with Crippen LogP contribution in [0, 0.1) is 6.92 Å². The Labute approximate surface area is 107 Å². The highest BCUT2D eigenvalue weighted by molar-refractivity contribution is 5.82. The highest BCUT2D eigenvalue weighted by atomic mass is 16.5. The van der Waals surface area contributed by atoms with Gasteiger partial charge in [0, 0.05) is 11.7 Å². The van der Waals surface area contributed by atoms with E-state index in [0.717, 1.165) is 23.7 Å². The number of benzene rings is 1. The van der Waals surface area contributed by atoms with Crippen LogP contribution in [0.1, 0.15) is 25.3 Å². The van der Waals surface area contributed by atoms with Crippen molar-refractivity contribution in [3.8, 4) is 0 Å². The number of carbonyl (C=O) groups excluding carboxylic acids is 1. The van der Waals surface area contributed by atoms with Crippen LogP contribution in [0.15, 0.2) is 30.5 Å². The zero-order valence-electron chi connectivity index (χ0n) is 11.0. The minimum atomic E-state index is -0.165. The number of esters is 1. The van der Waals surface area contributed by atoms with Crippen LogP contribution in [0.25, 0.3) is 10.9 Å². The van der Waals surface area contributed by atoms with E-state index in [1.54, 1.807) is 0 Å². The van der Waals surface area contributed by atoms with Crippen LogP contribution in [-0.2, 0) is 16.1 Å². The molecule has 1 aromatic heterocycles. The smallest absolute Gasteiger partial charge is 0.325 e. The molecule has 3 heteroatoms. The van der Waals surface area contributed by atoms with E-state index in [2.05, 4.69) is 26.0 Å². The molecule has 0 amide bonds. The largest absolute Gasteiger partial charge is 0.464 e. The first-order valence-corrected chi connectivity index (χ1v) is 6.42. The Hall–Kier alpha value is -1.77. The monoisotopic (exact) mass is 245 g/mol. The fourth-order valence-electron chi connectivity index (χ4n) is 1.97. The molecule has 0 bridgehead atoms. The van der Waals surface area contributed by atoms with Gasteiger partial charge < -0.3 is 9.30 Å². The van der Waals surface area contributed by atoms with Crippen LogP contribution in [0.4, 0.5) is 0 Å². The summed E-state index contributed by atoms with van der Waals surface area (Å²) in [7, 11) is 0. The molecule has 0 aliphatic rings. The maximum Gasteiger partial charge on any atom is 0.325 e. The second-order valence-corrected chi connectivity index (χ2v) is 4.58. The van der Waals surface area contributed by atoms with Gasteiger partial charge in [0.05, 0.1) is 6.61 Å². The van der Waals surface area contributed by atoms with Gasteiger partial charge in [0.2, 0.25) is 0 Å². The molecule has 2 rings (SSSR count). The standard InChI is InChI=1S/C15H19NO2/c1-3-4-9-18-15(17)11-16-8-7-13-10-12(2)5-6-14(13)16/h5-8,10H,3-4,9,11H2,1-2H3. The molecule has 96 valence electrons. The van der Waals surface area contributed by atoms with Crippen molar-refractivity contribution in [3.05, 3.63) is 36.0 Å². The summed E-state index contributed by atoms with van der Waals surface area (Å²) < 4.78 is 7.10. The predicted molar refractivity (Wildman–Crippen MR) is 72.5 cm³/mol. The number of aromatic nitrogens is 1. The van der Waals surface area contributed by atoms with E-state index in [9.17, 15) is 4.79 Å². The van der Waals surface area contributed by atoms with Gasteiger partial charge in [0.15, 0.2) is 0 Å². The predicted octanol–water partition coefficient (Wildman–Crippen LogP) is 3.29. The maximum atomic E-state index is 11.7. The molecule has 0 atom stereocenters. The average molecular weight is 245 g/mol. The highest BCUT2D eigenvalue weighted by Gasteiger charge is 2.07. The third-order valence-electron chi connectivity index (χ3n) is 2.99. The van der Waals surface area contributed by atoms with Crippen molar-refractivity contribution in [2.45, 2.75) is 33.2 Å². The summed E-state index contributed by atoms with van der Waals surface area (Å²) in [6.07, 6.45) is 3.90. The van der Waals surface area contributed by atoms with Gasteiger partial charge in [-0.25, -0.2) is 0 Å². The first kappa shape index (κ1) is 12.7. The lowest BCUT2D eigenvalue weighted by Gasteiger charge is -2.06. The molecular weight excluding hydrogens is 226 g/mol. The summed E-state index contributed by atoms with van der Waals surface area (Å²) >= 11 is 0. The van der Waals surface area contributed by atoms with Crippen molar-refractivity contribution >= 4 is 16.9 Å². The zero-order chi connectivity index (χ0) is 13.0. The van der Waals surface area contributed by atoms with Crippen LogP contribution < -0.4 is 0 Å². The van der Waals surface area contributed by atoms with Gasteiger partial charge in [-0.1, -0.05) is 25.0 Å². The van der Waals surface area contributed by atoms with Crippen molar-refractivity contribution in [3.63, 3.8) is 0 Å². The average Bonchev–Trinajstić information content (AvgIpc) is 2.72. The highest BCUT2D eigenvalue weighted by Crippen LogP contribution is 2.17. The third kappa shape index (κ3) is 2.92. The number of rotatable bonds is 5. The van der Waals surface area contributed by atoms with E-state index >= 15 is 0 Å². The normalized spacial score (nSPS) is 10.8. The Morgan fingerprint density at radius 1 is 1.33 bits per heavy atom. The van der Waals surface area contributed by atoms with Gasteiger partial charge in [0.25, 0.3) is 0 Å². The number of carbonyl (C=O) groups is 1. The molecule has 2 aromatic rings. The van der Waals surface area contributed by atoms with Crippen molar-refractivity contribution in [1.82, 2.24) is 4.57 Å². The van der Waals surface area contributed by atoms with Gasteiger partial charge >= 0.3 is 5.97 Å². The molecular formula is C15H19NO2. The molecule has 0 radical (unpaired) electrons. The third-order valence-corrected chi connectivity index (χ3v) is 2.99. The quantitative estimate of drug-likeness (QED) is 0.598. The Bertz CT molecular complexity index is 542. The molecule has 1 heterocycles. The van der Waals surface area contributed by atoms with Crippen molar-refractivity contribution in [2.75, 3.05) is 6.61 Å². The van der Waals surface area contributed by atoms with E-state index in [1.807, 2.05) is 22.9 Å². The van der Waals surface area contributed by atoms with Crippen molar-refractivity contribution < 1.29 is 9.53 Å². The summed E-state index contributed by atoms with van der Waals surface area (Å²) in [6, 6.07) is 8.25. The maximum absolute atomic E-state index is 11.7. The van der Waals surface area contributed by atoms with Gasteiger partial charge in [-0.2, -0.15) is 0 Å². The fraction of sp³-hybridized carbons (Fsp3) is 0.400. The minimum Gasteiger partial charge on any atom is -0.464 e. The lowest BCUT2D eigenvalue weighted by molar-refractivity contribution is -0.144. The van der Waals surface area contributed by atoms with Gasteiger partial charge in [-0.15, -0.1) is 0 Å². The van der Waals surface area contributed by atoms with Crippen LogP contribution in [0.5, 0.6) is 0 Å². The number of unbranched alkanes of at least 4 members (excludes halogenated alkanes) is 1. The second-order valence-electron chi connectivity index (χ2n) is 4.58. The zero-order valence-corrected chi connectivity index (χ0v) is 11.0. The van der Waals surface area contributed by atoms with Crippen molar-refractivity contribution in [2.24, 2.45) is 0 Å². The first-order valence-electron chi connectivity index (χ1n) is 6.42. The topological polar surface area (TPSA) is 31.2 Å². The van der Waals surface area contributed by atoms with Gasteiger partial charge in [0.1, 0.15) is 6.54 Å². The molecule has 0 aliphatic carbocycles. The molecule has 1 aromatic carbocycles. The Morgan fingerprint density at radius 3 is 2.94 bits per heavy atom. The molecule has 0 fully saturated rings. The Kier molecular flexibility index (Phi) is 4.03. The first-order chi connectivity index (χ1) is 8.70. The summed E-state index contributed by atoms with van der Waals surface area (Å²) in [5.41, 5.74) is 2.30. The summed E-state index contributed by atoms with van der Waals surface area (Å²) in [5, 5.41) is 1.16. The number of nitrogens with zero attached hydrogens (tertiary/aromatic N) is 1. The van der Waals surface area contributed by atoms with E-state index in [4.69, 9.17) is 4.74 Å². The lowest BCUT2D eigenvalue weighted by atomic mass is 10.2. The molecule has 0 N–H and O–H groups in total. The van der Waals surface area contributed by atoms with Gasteiger partial charge in [-0.05, 0) is 36.9 Å². The summed E-state index contributed by atoms with van der Waals surface area (Å²) in [4.78, 5) is 11.7. The van der Waals surface area contributed by atoms with E-state index in [1.165, 1.54) is 5.56 Å². The molecule has 0 saturated carbocycles. The molecule has 0 aliphatic heterocycles. The number of aryl methyl sites for hydroxylation is 1. The molecule has 0 unspecified atom stereocenters. The van der Waals surface area contributed by atoms with Crippen LogP contribution in [-0.4, -0.2) is 17.1 Å². The lowest BCUT2D eigenvalue weighted by Crippen LogP contribution is -2.13. The summed E-state index contributed by atoms with van der Waals surface area (Å²) in [5.74, 6) is -0.165. The second kappa shape index (κ2) is 5.71. The van der Waals surface area contributed by atoms with E-state index in [-0.39, 0.29) is 12.5 Å². The van der Waals surface area contributed by atoms with E-state index in [0.29, 0.717) is 6.61 Å². The molecule has 3 nitrogen and oxygen atoms in total. The summed E-state index contributed by atoms with van der Waals surface area (Å²) in [6.45, 7) is 4.95. The number of ether oxygens (including phenoxy) is 1. The SMILES string of the molecule is CCCCOC(=O)Cn1ccc2cc(C)ccc21. The Morgan fingerprint density at radius 2 is 2.17 bits per heavy atom. The van der Waals surface area contributed by atoms with Crippen LogP contribution >= 0.6 is 0 Å². The fourth-order valence-corrected chi connectivity index (χ4v) is 1.97. The van der Waals surface area contributed by atoms with Crippen LogP contribution in [0.2, 0.25) is 0 Å². The molecule has 18 heavy (non-hydrogen) atoms. The Balaban J connectivity index is 2.05.